The number of carbonyl (C=O) groups excluding carboxylic acids is 3. The van der Waals surface area contributed by atoms with Crippen molar-refractivity contribution in [1.29, 1.82) is 0 Å². The predicted octanol–water partition coefficient (Wildman–Crippen LogP) is 7.38. The van der Waals surface area contributed by atoms with Crippen LogP contribution in [0.2, 0.25) is 0 Å². The molecule has 0 aromatic heterocycles. The molecule has 5 aromatic rings. The molecule has 5 aromatic carbocycles. The van der Waals surface area contributed by atoms with E-state index in [9.17, 15) is 14.4 Å². The second kappa shape index (κ2) is 6.83. The van der Waals surface area contributed by atoms with E-state index in [1.54, 1.807) is 6.92 Å². The Kier molecular flexibility index (Phi) is 4.28. The molecule has 0 aliphatic rings. The van der Waals surface area contributed by atoms with Crippen LogP contribution in [0.5, 0.6) is 0 Å². The summed E-state index contributed by atoms with van der Waals surface area (Å²) < 4.78 is 0. The summed E-state index contributed by atoms with van der Waals surface area (Å²) in [5.74, 6) is -0.139. The number of carbonyl (C=O) groups is 3. The number of Topliss-reactive ketones (excluding diaryl/α,β-unsaturated/α-hetero) is 3. The van der Waals surface area contributed by atoms with E-state index >= 15 is 0 Å². The molecule has 0 aliphatic heterocycles. The van der Waals surface area contributed by atoms with Gasteiger partial charge in [0.2, 0.25) is 0 Å². The molecule has 0 unspecified atom stereocenters. The highest BCUT2D eigenvalue weighted by molar-refractivity contribution is 6.38. The Balaban J connectivity index is 2.17. The topological polar surface area (TPSA) is 51.2 Å². The number of ketones is 3. The van der Waals surface area contributed by atoms with Crippen LogP contribution >= 0.6 is 0 Å². The Labute approximate surface area is 185 Å². The van der Waals surface area contributed by atoms with Gasteiger partial charge in [-0.2, -0.15) is 0 Å². The first-order chi connectivity index (χ1) is 15.2. The Morgan fingerprint density at radius 1 is 0.469 bits per heavy atom. The lowest BCUT2D eigenvalue weighted by molar-refractivity contribution is 0.100. The van der Waals surface area contributed by atoms with Gasteiger partial charge < -0.3 is 0 Å². The third-order valence-electron chi connectivity index (χ3n) is 6.50. The van der Waals surface area contributed by atoms with Crippen molar-refractivity contribution in [2.24, 2.45) is 0 Å². The fourth-order valence-electron chi connectivity index (χ4n) is 5.12. The van der Waals surface area contributed by atoms with Crippen molar-refractivity contribution in [3.8, 4) is 0 Å². The molecule has 0 atom stereocenters. The minimum absolute atomic E-state index is 0.00555. The number of benzene rings is 5. The van der Waals surface area contributed by atoms with Gasteiger partial charge in [0.25, 0.3) is 0 Å². The quantitative estimate of drug-likeness (QED) is 0.174. The Bertz CT molecular complexity index is 1430. The molecule has 0 radical (unpaired) electrons. The molecule has 5 rings (SSSR count). The zero-order valence-corrected chi connectivity index (χ0v) is 18.6. The normalized spacial score (nSPS) is 11.6. The van der Waals surface area contributed by atoms with Crippen LogP contribution in [0.1, 0.15) is 64.3 Å². The summed E-state index contributed by atoms with van der Waals surface area (Å²) in [6, 6.07) is 15.5. The van der Waals surface area contributed by atoms with Gasteiger partial charge in [0, 0.05) is 27.5 Å². The van der Waals surface area contributed by atoms with Gasteiger partial charge in [-0.1, -0.05) is 60.7 Å². The fraction of sp³-hybridized carbons (Fsp3) is 0.138. The monoisotopic (exact) mass is 418 g/mol. The van der Waals surface area contributed by atoms with Crippen molar-refractivity contribution in [3.63, 3.8) is 0 Å². The first-order valence-electron chi connectivity index (χ1n) is 10.6. The van der Waals surface area contributed by atoms with E-state index in [2.05, 4.69) is 12.6 Å². The second-order valence-electron chi connectivity index (χ2n) is 8.59. The number of hydrogen-bond donors (Lipinski definition) is 0. The maximum atomic E-state index is 12.5. The van der Waals surface area contributed by atoms with Crippen molar-refractivity contribution in [1.82, 2.24) is 0 Å². The molecule has 0 saturated carbocycles. The van der Waals surface area contributed by atoms with E-state index in [0.717, 1.165) is 48.8 Å². The highest BCUT2D eigenvalue weighted by atomic mass is 16.1. The van der Waals surface area contributed by atoms with Crippen LogP contribution in [0.3, 0.4) is 0 Å². The lowest BCUT2D eigenvalue weighted by Crippen LogP contribution is -2.03. The summed E-state index contributed by atoms with van der Waals surface area (Å²) in [5, 5.41) is 7.47. The maximum Gasteiger partial charge on any atom is 0.160 e. The molecule has 0 spiro atoms. The molecule has 32 heavy (non-hydrogen) atoms. The highest BCUT2D eigenvalue weighted by Crippen LogP contribution is 2.44. The molecular weight excluding hydrogens is 396 g/mol. The predicted molar refractivity (Wildman–Crippen MR) is 132 cm³/mol. The van der Waals surface area contributed by atoms with Crippen molar-refractivity contribution in [2.75, 3.05) is 0 Å². The van der Waals surface area contributed by atoms with Gasteiger partial charge in [-0.25, -0.2) is 0 Å². The van der Waals surface area contributed by atoms with Gasteiger partial charge in [-0.3, -0.25) is 14.4 Å². The van der Waals surface area contributed by atoms with E-state index in [-0.39, 0.29) is 17.3 Å². The van der Waals surface area contributed by atoms with E-state index < -0.39 is 0 Å². The van der Waals surface area contributed by atoms with E-state index in [1.807, 2.05) is 49.4 Å². The maximum absolute atomic E-state index is 12.5. The van der Waals surface area contributed by atoms with Gasteiger partial charge in [-0.05, 0) is 65.6 Å². The first kappa shape index (κ1) is 20.1. The van der Waals surface area contributed by atoms with Gasteiger partial charge in [0.15, 0.2) is 17.3 Å². The SMILES string of the molecule is C=C(C)c1ccc2c3ccc(C(C)=O)c4c(C(C)=O)ccc(c5ccc(C(C)=O)c1c25)c43. The Morgan fingerprint density at radius 2 is 0.750 bits per heavy atom. The van der Waals surface area contributed by atoms with Gasteiger partial charge in [0.1, 0.15) is 0 Å². The van der Waals surface area contributed by atoms with Gasteiger partial charge >= 0.3 is 0 Å². The third kappa shape index (κ3) is 2.57. The number of hydrogen-bond acceptors (Lipinski definition) is 3. The molecule has 3 heteroatoms. The number of rotatable bonds is 4. The zero-order chi connectivity index (χ0) is 22.9. The van der Waals surface area contributed by atoms with Crippen molar-refractivity contribution < 1.29 is 14.4 Å². The fourth-order valence-corrected chi connectivity index (χ4v) is 5.12. The smallest absolute Gasteiger partial charge is 0.160 e. The summed E-state index contributed by atoms with van der Waals surface area (Å²) in [6.07, 6.45) is 0. The summed E-state index contributed by atoms with van der Waals surface area (Å²) in [7, 11) is 0. The van der Waals surface area contributed by atoms with Crippen molar-refractivity contribution in [2.45, 2.75) is 27.7 Å². The lowest BCUT2D eigenvalue weighted by atomic mass is 9.82. The average Bonchev–Trinajstić information content (AvgIpc) is 2.75. The minimum atomic E-state index is -0.0725. The molecule has 0 amide bonds. The van der Waals surface area contributed by atoms with Crippen LogP contribution in [0.25, 0.3) is 48.7 Å². The van der Waals surface area contributed by atoms with Crippen LogP contribution in [-0.4, -0.2) is 17.3 Å². The molecule has 0 aliphatic carbocycles. The van der Waals surface area contributed by atoms with Crippen LogP contribution in [0.4, 0.5) is 0 Å². The molecule has 3 nitrogen and oxygen atoms in total. The third-order valence-corrected chi connectivity index (χ3v) is 6.50. The van der Waals surface area contributed by atoms with Gasteiger partial charge in [0.05, 0.1) is 0 Å². The van der Waals surface area contributed by atoms with Gasteiger partial charge in [-0.15, -0.1) is 0 Å². The first-order valence-corrected chi connectivity index (χ1v) is 10.6. The Morgan fingerprint density at radius 3 is 1.03 bits per heavy atom. The molecule has 0 N–H and O–H groups in total. The van der Waals surface area contributed by atoms with Crippen LogP contribution < -0.4 is 0 Å². The Hall–Kier alpha value is -3.85. The zero-order valence-electron chi connectivity index (χ0n) is 18.6. The van der Waals surface area contributed by atoms with Crippen molar-refractivity contribution in [3.05, 3.63) is 77.4 Å². The highest BCUT2D eigenvalue weighted by Gasteiger charge is 2.22. The lowest BCUT2D eigenvalue weighted by Gasteiger charge is -2.20. The summed E-state index contributed by atoms with van der Waals surface area (Å²) >= 11 is 0. The standard InChI is InChI=1S/C29H22O3/c1-14(2)18-6-10-22-24-12-8-20(16(4)31)27-21(17(5)32)9-13-25(29(24)27)23-11-7-19(15(3)30)26(18)28(22)23/h6-13H,1H2,2-5H3. The van der Waals surface area contributed by atoms with Crippen LogP contribution in [0.15, 0.2) is 55.1 Å². The molecule has 0 fully saturated rings. The van der Waals surface area contributed by atoms with Crippen LogP contribution in [0, 0.1) is 0 Å². The molecule has 0 bridgehead atoms. The summed E-state index contributed by atoms with van der Waals surface area (Å²) in [4.78, 5) is 37.5. The molecule has 0 heterocycles. The summed E-state index contributed by atoms with van der Waals surface area (Å²) in [5.41, 5.74) is 3.62. The minimum Gasteiger partial charge on any atom is -0.294 e. The molecular formula is C29H22O3. The summed E-state index contributed by atoms with van der Waals surface area (Å²) in [6.45, 7) is 10.7. The average molecular weight is 418 g/mol. The van der Waals surface area contributed by atoms with Crippen LogP contribution in [-0.2, 0) is 0 Å². The van der Waals surface area contributed by atoms with E-state index in [1.165, 1.54) is 13.8 Å². The molecule has 0 saturated heterocycles. The largest absolute Gasteiger partial charge is 0.294 e. The second-order valence-corrected chi connectivity index (χ2v) is 8.59. The molecule has 156 valence electrons. The van der Waals surface area contributed by atoms with Crippen molar-refractivity contribution >= 4 is 66.0 Å². The number of allylic oxidation sites excluding steroid dienone is 1. The van der Waals surface area contributed by atoms with E-state index in [0.29, 0.717) is 22.1 Å². The number of fused-ring (bicyclic) bond motifs is 2. The van der Waals surface area contributed by atoms with E-state index in [4.69, 9.17) is 0 Å².